The fourth-order valence-corrected chi connectivity index (χ4v) is 3.07. The monoisotopic (exact) mass is 343 g/mol. The molecule has 1 fully saturated rings. The molecule has 1 N–H and O–H groups in total. The SMILES string of the molecule is O=C(c1ccccn1)N1CCCN(CC(O)c2cccc(F)c2)CC1. The first-order valence-electron chi connectivity index (χ1n) is 8.49. The first kappa shape index (κ1) is 17.5. The molecule has 1 aromatic heterocycles. The van der Waals surface area contributed by atoms with E-state index in [9.17, 15) is 14.3 Å². The highest BCUT2D eigenvalue weighted by atomic mass is 19.1. The number of amides is 1. The quantitative estimate of drug-likeness (QED) is 0.924. The molecular weight excluding hydrogens is 321 g/mol. The topological polar surface area (TPSA) is 56.7 Å². The highest BCUT2D eigenvalue weighted by molar-refractivity contribution is 5.92. The highest BCUT2D eigenvalue weighted by Crippen LogP contribution is 2.17. The van der Waals surface area contributed by atoms with Gasteiger partial charge < -0.3 is 10.0 Å². The number of β-amino-alcohol motifs (C(OH)–C–C–N with tert-alkyl or cyclic N) is 1. The number of pyridine rings is 1. The Balaban J connectivity index is 1.57. The van der Waals surface area contributed by atoms with Gasteiger partial charge in [-0.1, -0.05) is 18.2 Å². The second-order valence-corrected chi connectivity index (χ2v) is 6.23. The number of carbonyl (C=O) groups excluding carboxylic acids is 1. The molecule has 1 atom stereocenters. The third-order valence-corrected chi connectivity index (χ3v) is 4.42. The molecule has 0 radical (unpaired) electrons. The molecule has 3 rings (SSSR count). The molecule has 6 heteroatoms. The van der Waals surface area contributed by atoms with Gasteiger partial charge in [-0.15, -0.1) is 0 Å². The maximum absolute atomic E-state index is 13.3. The Labute approximate surface area is 146 Å². The largest absolute Gasteiger partial charge is 0.387 e. The van der Waals surface area contributed by atoms with E-state index in [4.69, 9.17) is 0 Å². The smallest absolute Gasteiger partial charge is 0.272 e. The molecular formula is C19H22FN3O2. The van der Waals surface area contributed by atoms with Crippen molar-refractivity contribution in [1.29, 1.82) is 0 Å². The van der Waals surface area contributed by atoms with Crippen LogP contribution in [0.15, 0.2) is 48.7 Å². The minimum Gasteiger partial charge on any atom is -0.387 e. The normalized spacial score (nSPS) is 17.1. The Morgan fingerprint density at radius 3 is 2.80 bits per heavy atom. The first-order chi connectivity index (χ1) is 12.1. The predicted molar refractivity (Wildman–Crippen MR) is 92.6 cm³/mol. The van der Waals surface area contributed by atoms with Crippen LogP contribution in [0.2, 0.25) is 0 Å². The average molecular weight is 343 g/mol. The summed E-state index contributed by atoms with van der Waals surface area (Å²) in [5.41, 5.74) is 1.03. The van der Waals surface area contributed by atoms with Crippen LogP contribution in [0.3, 0.4) is 0 Å². The Bertz CT molecular complexity index is 711. The van der Waals surface area contributed by atoms with E-state index >= 15 is 0 Å². The minimum atomic E-state index is -0.742. The highest BCUT2D eigenvalue weighted by Gasteiger charge is 2.22. The summed E-state index contributed by atoms with van der Waals surface area (Å²) in [6, 6.07) is 11.4. The van der Waals surface area contributed by atoms with Crippen LogP contribution in [0.5, 0.6) is 0 Å². The zero-order valence-corrected chi connectivity index (χ0v) is 14.0. The molecule has 0 aliphatic carbocycles. The number of hydrogen-bond acceptors (Lipinski definition) is 4. The molecule has 25 heavy (non-hydrogen) atoms. The van der Waals surface area contributed by atoms with Crippen molar-refractivity contribution in [2.24, 2.45) is 0 Å². The predicted octanol–water partition coefficient (Wildman–Crippen LogP) is 2.10. The van der Waals surface area contributed by atoms with Gasteiger partial charge in [0.05, 0.1) is 6.10 Å². The summed E-state index contributed by atoms with van der Waals surface area (Å²) in [5.74, 6) is -0.410. The van der Waals surface area contributed by atoms with E-state index in [1.54, 1.807) is 41.4 Å². The lowest BCUT2D eigenvalue weighted by Gasteiger charge is -2.24. The third-order valence-electron chi connectivity index (χ3n) is 4.42. The Hall–Kier alpha value is -2.31. The van der Waals surface area contributed by atoms with Gasteiger partial charge in [0.2, 0.25) is 0 Å². The zero-order valence-electron chi connectivity index (χ0n) is 14.0. The van der Waals surface area contributed by atoms with Crippen molar-refractivity contribution in [1.82, 2.24) is 14.8 Å². The number of aliphatic hydroxyl groups is 1. The van der Waals surface area contributed by atoms with Crippen molar-refractivity contribution < 1.29 is 14.3 Å². The second-order valence-electron chi connectivity index (χ2n) is 6.23. The second kappa shape index (κ2) is 8.18. The van der Waals surface area contributed by atoms with Gasteiger partial charge in [-0.2, -0.15) is 0 Å². The number of aliphatic hydroxyl groups excluding tert-OH is 1. The van der Waals surface area contributed by atoms with Crippen LogP contribution in [0, 0.1) is 5.82 Å². The number of aromatic nitrogens is 1. The maximum atomic E-state index is 13.3. The standard InChI is InChI=1S/C19H22FN3O2/c20-16-6-3-5-15(13-16)18(24)14-22-9-4-10-23(12-11-22)19(25)17-7-1-2-8-21-17/h1-3,5-8,13,18,24H,4,9-12,14H2. The number of carbonyl (C=O) groups is 1. The van der Waals surface area contributed by atoms with Gasteiger partial charge in [0.15, 0.2) is 0 Å². The van der Waals surface area contributed by atoms with Gasteiger partial charge >= 0.3 is 0 Å². The number of nitrogens with zero attached hydrogens (tertiary/aromatic N) is 3. The molecule has 2 heterocycles. The lowest BCUT2D eigenvalue weighted by Crippen LogP contribution is -2.36. The minimum absolute atomic E-state index is 0.0619. The average Bonchev–Trinajstić information content (AvgIpc) is 2.87. The molecule has 1 aliphatic heterocycles. The first-order valence-corrected chi connectivity index (χ1v) is 8.49. The van der Waals surface area contributed by atoms with Crippen LogP contribution in [0.4, 0.5) is 4.39 Å². The Morgan fingerprint density at radius 2 is 2.04 bits per heavy atom. The fourth-order valence-electron chi connectivity index (χ4n) is 3.07. The van der Waals surface area contributed by atoms with Crippen molar-refractivity contribution in [3.8, 4) is 0 Å². The zero-order chi connectivity index (χ0) is 17.6. The van der Waals surface area contributed by atoms with Gasteiger partial charge in [-0.05, 0) is 36.2 Å². The summed E-state index contributed by atoms with van der Waals surface area (Å²) in [4.78, 5) is 20.5. The molecule has 0 spiro atoms. The van der Waals surface area contributed by atoms with Crippen LogP contribution in [-0.2, 0) is 0 Å². The van der Waals surface area contributed by atoms with Crippen molar-refractivity contribution in [2.45, 2.75) is 12.5 Å². The summed E-state index contributed by atoms with van der Waals surface area (Å²) < 4.78 is 13.3. The van der Waals surface area contributed by atoms with E-state index in [-0.39, 0.29) is 11.7 Å². The number of benzene rings is 1. The van der Waals surface area contributed by atoms with Crippen molar-refractivity contribution in [3.05, 3.63) is 65.7 Å². The fraction of sp³-hybridized carbons (Fsp3) is 0.368. The van der Waals surface area contributed by atoms with Crippen LogP contribution in [0.25, 0.3) is 0 Å². The van der Waals surface area contributed by atoms with Crippen LogP contribution in [-0.4, -0.2) is 58.5 Å². The van der Waals surface area contributed by atoms with E-state index in [1.165, 1.54) is 12.1 Å². The van der Waals surface area contributed by atoms with Crippen molar-refractivity contribution in [3.63, 3.8) is 0 Å². The summed E-state index contributed by atoms with van der Waals surface area (Å²) in [6.07, 6.45) is 1.70. The lowest BCUT2D eigenvalue weighted by molar-refractivity contribution is 0.0748. The molecule has 1 saturated heterocycles. The van der Waals surface area contributed by atoms with Crippen molar-refractivity contribution in [2.75, 3.05) is 32.7 Å². The van der Waals surface area contributed by atoms with Crippen LogP contribution >= 0.6 is 0 Å². The number of halogens is 1. The summed E-state index contributed by atoms with van der Waals surface area (Å²) in [6.45, 7) is 3.14. The summed E-state index contributed by atoms with van der Waals surface area (Å²) in [5, 5.41) is 10.3. The molecule has 132 valence electrons. The number of rotatable bonds is 4. The number of hydrogen-bond donors (Lipinski definition) is 1. The van der Waals surface area contributed by atoms with E-state index in [0.29, 0.717) is 37.4 Å². The van der Waals surface area contributed by atoms with E-state index < -0.39 is 6.10 Å². The van der Waals surface area contributed by atoms with Crippen LogP contribution < -0.4 is 0 Å². The van der Waals surface area contributed by atoms with Gasteiger partial charge in [0.25, 0.3) is 5.91 Å². The van der Waals surface area contributed by atoms with E-state index in [1.807, 2.05) is 0 Å². The maximum Gasteiger partial charge on any atom is 0.272 e. The lowest BCUT2D eigenvalue weighted by atomic mass is 10.1. The van der Waals surface area contributed by atoms with Crippen LogP contribution in [0.1, 0.15) is 28.6 Å². The Morgan fingerprint density at radius 1 is 1.16 bits per heavy atom. The van der Waals surface area contributed by atoms with E-state index in [0.717, 1.165) is 13.0 Å². The molecule has 2 aromatic rings. The van der Waals surface area contributed by atoms with E-state index in [2.05, 4.69) is 9.88 Å². The molecule has 0 saturated carbocycles. The molecule has 1 aromatic carbocycles. The van der Waals surface area contributed by atoms with Gasteiger partial charge in [-0.25, -0.2) is 4.39 Å². The summed E-state index contributed by atoms with van der Waals surface area (Å²) in [7, 11) is 0. The molecule has 0 bridgehead atoms. The Kier molecular flexibility index (Phi) is 5.73. The molecule has 1 aliphatic rings. The molecule has 1 amide bonds. The van der Waals surface area contributed by atoms with Crippen molar-refractivity contribution >= 4 is 5.91 Å². The van der Waals surface area contributed by atoms with Gasteiger partial charge in [0, 0.05) is 38.9 Å². The van der Waals surface area contributed by atoms with Gasteiger partial charge in [0.1, 0.15) is 11.5 Å². The third kappa shape index (κ3) is 4.61. The molecule has 5 nitrogen and oxygen atoms in total. The molecule has 1 unspecified atom stereocenters. The van der Waals surface area contributed by atoms with Gasteiger partial charge in [-0.3, -0.25) is 14.7 Å². The summed E-state index contributed by atoms with van der Waals surface area (Å²) >= 11 is 0.